The summed E-state index contributed by atoms with van der Waals surface area (Å²) in [4.78, 5) is 14.2. The van der Waals surface area contributed by atoms with Gasteiger partial charge in [-0.3, -0.25) is 4.79 Å². The molecule has 4 heteroatoms. The highest BCUT2D eigenvalue weighted by Crippen LogP contribution is 2.24. The van der Waals surface area contributed by atoms with Crippen molar-refractivity contribution in [3.8, 4) is 0 Å². The highest BCUT2D eigenvalue weighted by atomic mass is 79.9. The van der Waals surface area contributed by atoms with Crippen LogP contribution in [-0.4, -0.2) is 23.9 Å². The van der Waals surface area contributed by atoms with Crippen LogP contribution in [0.2, 0.25) is 0 Å². The molecule has 0 spiro atoms. The third-order valence-electron chi connectivity index (χ3n) is 3.56. The standard InChI is InChI=1S/C13H18BrNO2/c1-2-10-4-3-7-15(8-5-10)13(16)11-6-9-17-12(11)14/h6,9-10H,2-5,7-8H2,1H3. The molecule has 0 saturated carbocycles. The van der Waals surface area contributed by atoms with Gasteiger partial charge >= 0.3 is 0 Å². The van der Waals surface area contributed by atoms with Gasteiger partial charge in [0.25, 0.3) is 5.91 Å². The van der Waals surface area contributed by atoms with E-state index in [2.05, 4.69) is 22.9 Å². The number of furan rings is 1. The summed E-state index contributed by atoms with van der Waals surface area (Å²) in [5.74, 6) is 0.864. The van der Waals surface area contributed by atoms with E-state index in [-0.39, 0.29) is 5.91 Å². The summed E-state index contributed by atoms with van der Waals surface area (Å²) in [5.41, 5.74) is 0.639. The molecule has 2 rings (SSSR count). The zero-order chi connectivity index (χ0) is 12.3. The average Bonchev–Trinajstić information content (AvgIpc) is 2.64. The SMILES string of the molecule is CCC1CCCN(C(=O)c2ccoc2Br)CC1. The van der Waals surface area contributed by atoms with Crippen LogP contribution in [0.3, 0.4) is 0 Å². The van der Waals surface area contributed by atoms with Gasteiger partial charge in [0.15, 0.2) is 4.67 Å². The Morgan fingerprint density at radius 3 is 3.00 bits per heavy atom. The zero-order valence-electron chi connectivity index (χ0n) is 10.1. The first-order chi connectivity index (χ1) is 8.22. The summed E-state index contributed by atoms with van der Waals surface area (Å²) < 4.78 is 5.66. The molecule has 3 nitrogen and oxygen atoms in total. The molecule has 1 unspecified atom stereocenters. The molecular formula is C13H18BrNO2. The molecule has 0 aromatic carbocycles. The Morgan fingerprint density at radius 2 is 2.35 bits per heavy atom. The molecule has 1 aliphatic heterocycles. The van der Waals surface area contributed by atoms with Gasteiger partial charge in [0.2, 0.25) is 0 Å². The van der Waals surface area contributed by atoms with E-state index >= 15 is 0 Å². The van der Waals surface area contributed by atoms with Crippen LogP contribution in [0.1, 0.15) is 43.0 Å². The van der Waals surface area contributed by atoms with Crippen LogP contribution >= 0.6 is 15.9 Å². The second-order valence-electron chi connectivity index (χ2n) is 4.61. The van der Waals surface area contributed by atoms with Crippen LogP contribution in [0.15, 0.2) is 21.4 Å². The number of likely N-dealkylation sites (tertiary alicyclic amines) is 1. The molecule has 1 aromatic rings. The topological polar surface area (TPSA) is 33.5 Å². The Morgan fingerprint density at radius 1 is 1.53 bits per heavy atom. The van der Waals surface area contributed by atoms with E-state index in [0.29, 0.717) is 10.2 Å². The van der Waals surface area contributed by atoms with E-state index < -0.39 is 0 Å². The molecule has 1 amide bonds. The number of halogens is 1. The molecule has 17 heavy (non-hydrogen) atoms. The minimum absolute atomic E-state index is 0.0855. The zero-order valence-corrected chi connectivity index (χ0v) is 11.7. The Balaban J connectivity index is 2.03. The van der Waals surface area contributed by atoms with Crippen molar-refractivity contribution in [3.05, 3.63) is 22.6 Å². The number of hydrogen-bond donors (Lipinski definition) is 0. The van der Waals surface area contributed by atoms with Crippen LogP contribution in [-0.2, 0) is 0 Å². The monoisotopic (exact) mass is 299 g/mol. The third-order valence-corrected chi connectivity index (χ3v) is 4.17. The average molecular weight is 300 g/mol. The summed E-state index contributed by atoms with van der Waals surface area (Å²) in [6.45, 7) is 3.97. The van der Waals surface area contributed by atoms with E-state index in [1.54, 1.807) is 12.3 Å². The first kappa shape index (κ1) is 12.7. The second-order valence-corrected chi connectivity index (χ2v) is 5.33. The van der Waals surface area contributed by atoms with Crippen molar-refractivity contribution in [1.82, 2.24) is 4.90 Å². The van der Waals surface area contributed by atoms with Gasteiger partial charge in [-0.15, -0.1) is 0 Å². The largest absolute Gasteiger partial charge is 0.457 e. The molecular weight excluding hydrogens is 282 g/mol. The van der Waals surface area contributed by atoms with Crippen LogP contribution in [0.4, 0.5) is 0 Å². The molecule has 1 fully saturated rings. The normalized spacial score (nSPS) is 21.3. The predicted molar refractivity (Wildman–Crippen MR) is 69.9 cm³/mol. The minimum atomic E-state index is 0.0855. The van der Waals surface area contributed by atoms with Gasteiger partial charge in [0, 0.05) is 13.1 Å². The highest BCUT2D eigenvalue weighted by molar-refractivity contribution is 9.10. The molecule has 0 N–H and O–H groups in total. The lowest BCUT2D eigenvalue weighted by Crippen LogP contribution is -2.31. The van der Waals surface area contributed by atoms with Gasteiger partial charge in [0.05, 0.1) is 11.8 Å². The number of carbonyl (C=O) groups excluding carboxylic acids is 1. The molecule has 0 aliphatic carbocycles. The van der Waals surface area contributed by atoms with Crippen molar-refractivity contribution in [2.24, 2.45) is 5.92 Å². The molecule has 1 saturated heterocycles. The maximum Gasteiger partial charge on any atom is 0.258 e. The maximum absolute atomic E-state index is 12.3. The summed E-state index contributed by atoms with van der Waals surface area (Å²) in [5, 5.41) is 0. The molecule has 0 radical (unpaired) electrons. The van der Waals surface area contributed by atoms with E-state index in [4.69, 9.17) is 4.42 Å². The summed E-state index contributed by atoms with van der Waals surface area (Å²) in [7, 11) is 0. The van der Waals surface area contributed by atoms with Crippen LogP contribution in [0.5, 0.6) is 0 Å². The second kappa shape index (κ2) is 5.71. The van der Waals surface area contributed by atoms with E-state index in [1.807, 2.05) is 4.90 Å². The quantitative estimate of drug-likeness (QED) is 0.834. The summed E-state index contributed by atoms with van der Waals surface area (Å²) in [6, 6.07) is 1.73. The molecule has 1 atom stereocenters. The van der Waals surface area contributed by atoms with Gasteiger partial charge in [-0.1, -0.05) is 13.3 Å². The fraction of sp³-hybridized carbons (Fsp3) is 0.615. The minimum Gasteiger partial charge on any atom is -0.457 e. The van der Waals surface area contributed by atoms with Gasteiger partial charge in [-0.25, -0.2) is 0 Å². The first-order valence-corrected chi connectivity index (χ1v) is 7.04. The summed E-state index contributed by atoms with van der Waals surface area (Å²) in [6.07, 6.45) is 6.24. The van der Waals surface area contributed by atoms with Gasteiger partial charge < -0.3 is 9.32 Å². The molecule has 1 aliphatic rings. The summed E-state index contributed by atoms with van der Waals surface area (Å²) >= 11 is 3.26. The van der Waals surface area contributed by atoms with Crippen molar-refractivity contribution in [3.63, 3.8) is 0 Å². The molecule has 0 bridgehead atoms. The maximum atomic E-state index is 12.3. The van der Waals surface area contributed by atoms with Crippen molar-refractivity contribution < 1.29 is 9.21 Å². The van der Waals surface area contributed by atoms with Gasteiger partial charge in [-0.05, 0) is 47.2 Å². The van der Waals surface area contributed by atoms with E-state index in [9.17, 15) is 4.79 Å². The molecule has 94 valence electrons. The third kappa shape index (κ3) is 2.92. The molecule has 1 aromatic heterocycles. The number of hydrogen-bond acceptors (Lipinski definition) is 2. The number of amides is 1. The lowest BCUT2D eigenvalue weighted by molar-refractivity contribution is 0.0758. The Labute approximate surface area is 110 Å². The van der Waals surface area contributed by atoms with Crippen molar-refractivity contribution in [2.75, 3.05) is 13.1 Å². The van der Waals surface area contributed by atoms with Crippen LogP contribution in [0, 0.1) is 5.92 Å². The first-order valence-electron chi connectivity index (χ1n) is 6.24. The van der Waals surface area contributed by atoms with Crippen LogP contribution < -0.4 is 0 Å². The van der Waals surface area contributed by atoms with Crippen molar-refractivity contribution in [2.45, 2.75) is 32.6 Å². The lowest BCUT2D eigenvalue weighted by atomic mass is 9.98. The number of nitrogens with zero attached hydrogens (tertiary/aromatic N) is 1. The van der Waals surface area contributed by atoms with Crippen molar-refractivity contribution >= 4 is 21.8 Å². The predicted octanol–water partition coefficient (Wildman–Crippen LogP) is 3.69. The van der Waals surface area contributed by atoms with Gasteiger partial charge in [0.1, 0.15) is 0 Å². The van der Waals surface area contributed by atoms with E-state index in [1.165, 1.54) is 12.8 Å². The Kier molecular flexibility index (Phi) is 4.26. The highest BCUT2D eigenvalue weighted by Gasteiger charge is 2.23. The van der Waals surface area contributed by atoms with Crippen molar-refractivity contribution in [1.29, 1.82) is 0 Å². The lowest BCUT2D eigenvalue weighted by Gasteiger charge is -2.19. The van der Waals surface area contributed by atoms with Crippen LogP contribution in [0.25, 0.3) is 0 Å². The fourth-order valence-corrected chi connectivity index (χ4v) is 2.80. The molecule has 2 heterocycles. The number of rotatable bonds is 2. The van der Waals surface area contributed by atoms with E-state index in [0.717, 1.165) is 31.8 Å². The smallest absolute Gasteiger partial charge is 0.258 e. The fourth-order valence-electron chi connectivity index (χ4n) is 2.39. The Hall–Kier alpha value is -0.770. The number of carbonyl (C=O) groups is 1. The van der Waals surface area contributed by atoms with Gasteiger partial charge in [-0.2, -0.15) is 0 Å². The Bertz CT molecular complexity index is 389.